The van der Waals surface area contributed by atoms with Gasteiger partial charge >= 0.3 is 6.03 Å². The smallest absolute Gasteiger partial charge is 0.319 e. The molecule has 3 nitrogen and oxygen atoms in total. The van der Waals surface area contributed by atoms with Crippen LogP contribution in [0.2, 0.25) is 5.02 Å². The number of carbonyl (C=O) groups excluding carboxylic acids is 1. The molecule has 0 aromatic heterocycles. The van der Waals surface area contributed by atoms with Crippen molar-refractivity contribution in [2.24, 2.45) is 10.8 Å². The summed E-state index contributed by atoms with van der Waals surface area (Å²) in [7, 11) is 0. The monoisotopic (exact) mass is 308 g/mol. The minimum atomic E-state index is -0.187. The molecule has 1 saturated carbocycles. The molecule has 0 spiro atoms. The van der Waals surface area contributed by atoms with Gasteiger partial charge in [-0.25, -0.2) is 4.79 Å². The standard InChI is InChI=1S/C17H25ClN2O/c1-16(2)9-6-10-17(3,11-16)12-19-15(21)20-14-8-5-4-7-13(14)18/h4-5,7-8H,6,9-12H2,1-3H3,(H2,19,20,21). The Morgan fingerprint density at radius 2 is 1.95 bits per heavy atom. The number of carbonyl (C=O) groups is 1. The van der Waals surface area contributed by atoms with Crippen molar-refractivity contribution in [3.05, 3.63) is 29.3 Å². The third-order valence-corrected chi connectivity index (χ3v) is 4.67. The van der Waals surface area contributed by atoms with Gasteiger partial charge in [-0.1, -0.05) is 50.9 Å². The van der Waals surface area contributed by atoms with E-state index in [4.69, 9.17) is 11.6 Å². The predicted molar refractivity (Wildman–Crippen MR) is 88.8 cm³/mol. The first kappa shape index (κ1) is 16.2. The van der Waals surface area contributed by atoms with Crippen LogP contribution in [0.4, 0.5) is 10.5 Å². The molecule has 116 valence electrons. The Morgan fingerprint density at radius 3 is 2.62 bits per heavy atom. The second-order valence-corrected chi connectivity index (χ2v) is 7.70. The highest BCUT2D eigenvalue weighted by molar-refractivity contribution is 6.33. The van der Waals surface area contributed by atoms with E-state index in [2.05, 4.69) is 31.4 Å². The van der Waals surface area contributed by atoms with E-state index < -0.39 is 0 Å². The highest BCUT2D eigenvalue weighted by Crippen LogP contribution is 2.45. The molecule has 2 rings (SSSR count). The number of anilines is 1. The lowest BCUT2D eigenvalue weighted by Crippen LogP contribution is -2.42. The largest absolute Gasteiger partial charge is 0.337 e. The molecule has 0 saturated heterocycles. The van der Waals surface area contributed by atoms with Gasteiger partial charge in [-0.2, -0.15) is 0 Å². The molecule has 0 radical (unpaired) electrons. The Labute approximate surface area is 132 Å². The lowest BCUT2D eigenvalue weighted by atomic mass is 9.64. The second-order valence-electron chi connectivity index (χ2n) is 7.29. The predicted octanol–water partition coefficient (Wildman–Crippen LogP) is 5.07. The van der Waals surface area contributed by atoms with Gasteiger partial charge in [0.25, 0.3) is 0 Å². The first-order chi connectivity index (χ1) is 9.80. The average molecular weight is 309 g/mol. The molecule has 1 fully saturated rings. The Morgan fingerprint density at radius 1 is 1.24 bits per heavy atom. The summed E-state index contributed by atoms with van der Waals surface area (Å²) in [5.74, 6) is 0. The molecule has 1 aromatic rings. The molecule has 2 amide bonds. The van der Waals surface area contributed by atoms with Gasteiger partial charge in [-0.05, 0) is 42.2 Å². The summed E-state index contributed by atoms with van der Waals surface area (Å²) < 4.78 is 0. The molecule has 1 aliphatic carbocycles. The summed E-state index contributed by atoms with van der Waals surface area (Å²) in [5.41, 5.74) is 1.19. The molecule has 0 aliphatic heterocycles. The topological polar surface area (TPSA) is 41.1 Å². The molecule has 0 heterocycles. The van der Waals surface area contributed by atoms with E-state index in [-0.39, 0.29) is 11.4 Å². The van der Waals surface area contributed by atoms with Crippen molar-refractivity contribution in [2.45, 2.75) is 46.5 Å². The molecule has 1 atom stereocenters. The highest BCUT2D eigenvalue weighted by Gasteiger charge is 2.36. The zero-order chi connectivity index (χ0) is 15.5. The second kappa shape index (κ2) is 6.27. The SMILES string of the molecule is CC1(C)CCCC(C)(CNC(=O)Nc2ccccc2Cl)C1. The number of para-hydroxylation sites is 1. The molecule has 2 N–H and O–H groups in total. The fourth-order valence-corrected chi connectivity index (χ4v) is 3.68. The van der Waals surface area contributed by atoms with Gasteiger partial charge < -0.3 is 10.6 Å². The van der Waals surface area contributed by atoms with Crippen molar-refractivity contribution in [1.82, 2.24) is 5.32 Å². The van der Waals surface area contributed by atoms with Gasteiger partial charge in [0, 0.05) is 6.54 Å². The van der Waals surface area contributed by atoms with Crippen LogP contribution in [0.15, 0.2) is 24.3 Å². The first-order valence-corrected chi connectivity index (χ1v) is 7.97. The summed E-state index contributed by atoms with van der Waals surface area (Å²) in [6.45, 7) is 7.60. The molecule has 1 aromatic carbocycles. The van der Waals surface area contributed by atoms with Crippen molar-refractivity contribution < 1.29 is 4.79 Å². The van der Waals surface area contributed by atoms with Crippen molar-refractivity contribution in [1.29, 1.82) is 0 Å². The summed E-state index contributed by atoms with van der Waals surface area (Å²) >= 11 is 6.04. The summed E-state index contributed by atoms with van der Waals surface area (Å²) in [6, 6.07) is 7.08. The third kappa shape index (κ3) is 4.63. The fourth-order valence-electron chi connectivity index (χ4n) is 3.50. The van der Waals surface area contributed by atoms with E-state index in [0.29, 0.717) is 22.7 Å². The van der Waals surface area contributed by atoms with Gasteiger partial charge in [0.2, 0.25) is 0 Å². The molecular weight excluding hydrogens is 284 g/mol. The lowest BCUT2D eigenvalue weighted by Gasteiger charge is -2.42. The van der Waals surface area contributed by atoms with Crippen LogP contribution in [0.5, 0.6) is 0 Å². The Balaban J connectivity index is 1.88. The van der Waals surface area contributed by atoms with Gasteiger partial charge in [0.1, 0.15) is 0 Å². The fraction of sp³-hybridized carbons (Fsp3) is 0.588. The van der Waals surface area contributed by atoms with Crippen LogP contribution in [-0.2, 0) is 0 Å². The van der Waals surface area contributed by atoms with Gasteiger partial charge in [0.15, 0.2) is 0 Å². The quantitative estimate of drug-likeness (QED) is 0.804. The Bertz CT molecular complexity index is 515. The molecule has 0 bridgehead atoms. The summed E-state index contributed by atoms with van der Waals surface area (Å²) in [6.07, 6.45) is 4.82. The van der Waals surface area contributed by atoms with E-state index in [9.17, 15) is 4.79 Å². The molecule has 1 unspecified atom stereocenters. The van der Waals surface area contributed by atoms with Crippen LogP contribution in [0.3, 0.4) is 0 Å². The Hall–Kier alpha value is -1.22. The minimum Gasteiger partial charge on any atom is -0.337 e. The number of amides is 2. The van der Waals surface area contributed by atoms with E-state index in [0.717, 1.165) is 6.42 Å². The highest BCUT2D eigenvalue weighted by atomic mass is 35.5. The number of rotatable bonds is 3. The number of urea groups is 1. The molecule has 21 heavy (non-hydrogen) atoms. The molecular formula is C17H25ClN2O. The number of halogens is 1. The normalized spacial score (nSPS) is 24.4. The average Bonchev–Trinajstić information content (AvgIpc) is 2.38. The maximum Gasteiger partial charge on any atom is 0.319 e. The van der Waals surface area contributed by atoms with Crippen molar-refractivity contribution in [3.63, 3.8) is 0 Å². The maximum atomic E-state index is 12.0. The third-order valence-electron chi connectivity index (χ3n) is 4.34. The summed E-state index contributed by atoms with van der Waals surface area (Å²) in [4.78, 5) is 12.0. The number of nitrogens with one attached hydrogen (secondary N) is 2. The van der Waals surface area contributed by atoms with E-state index >= 15 is 0 Å². The van der Waals surface area contributed by atoms with Crippen LogP contribution in [-0.4, -0.2) is 12.6 Å². The van der Waals surface area contributed by atoms with Crippen LogP contribution in [0, 0.1) is 10.8 Å². The van der Waals surface area contributed by atoms with Crippen LogP contribution >= 0.6 is 11.6 Å². The minimum absolute atomic E-state index is 0.180. The first-order valence-electron chi connectivity index (χ1n) is 7.59. The number of hydrogen-bond donors (Lipinski definition) is 2. The van der Waals surface area contributed by atoms with Crippen LogP contribution in [0.25, 0.3) is 0 Å². The molecule has 4 heteroatoms. The Kier molecular flexibility index (Phi) is 4.82. The van der Waals surface area contributed by atoms with Gasteiger partial charge in [0.05, 0.1) is 10.7 Å². The van der Waals surface area contributed by atoms with Crippen LogP contribution < -0.4 is 10.6 Å². The molecule has 1 aliphatic rings. The lowest BCUT2D eigenvalue weighted by molar-refractivity contribution is 0.100. The van der Waals surface area contributed by atoms with E-state index in [1.165, 1.54) is 19.3 Å². The number of hydrogen-bond acceptors (Lipinski definition) is 1. The van der Waals surface area contributed by atoms with E-state index in [1.807, 2.05) is 12.1 Å². The zero-order valence-corrected chi connectivity index (χ0v) is 13.9. The van der Waals surface area contributed by atoms with Gasteiger partial charge in [-0.3, -0.25) is 0 Å². The van der Waals surface area contributed by atoms with Gasteiger partial charge in [-0.15, -0.1) is 0 Å². The van der Waals surface area contributed by atoms with Crippen molar-refractivity contribution in [2.75, 3.05) is 11.9 Å². The van der Waals surface area contributed by atoms with E-state index in [1.54, 1.807) is 12.1 Å². The van der Waals surface area contributed by atoms with Crippen molar-refractivity contribution >= 4 is 23.3 Å². The summed E-state index contributed by atoms with van der Waals surface area (Å²) in [5, 5.41) is 6.36. The van der Waals surface area contributed by atoms with Crippen LogP contribution in [0.1, 0.15) is 46.5 Å². The number of benzene rings is 1. The maximum absolute atomic E-state index is 12.0. The zero-order valence-electron chi connectivity index (χ0n) is 13.1. The van der Waals surface area contributed by atoms with Crippen molar-refractivity contribution in [3.8, 4) is 0 Å².